The van der Waals surface area contributed by atoms with Crippen LogP contribution < -0.4 is 5.73 Å². The minimum absolute atomic E-state index is 0.00541. The fourth-order valence-corrected chi connectivity index (χ4v) is 1.90. The van der Waals surface area contributed by atoms with Gasteiger partial charge in [0.05, 0.1) is 12.1 Å². The van der Waals surface area contributed by atoms with Crippen molar-refractivity contribution in [2.45, 2.75) is 39.3 Å². The van der Waals surface area contributed by atoms with Gasteiger partial charge in [-0.3, -0.25) is 0 Å². The van der Waals surface area contributed by atoms with E-state index in [9.17, 15) is 4.39 Å². The highest BCUT2D eigenvalue weighted by molar-refractivity contribution is 5.30. The van der Waals surface area contributed by atoms with Gasteiger partial charge in [-0.1, -0.05) is 13.0 Å². The van der Waals surface area contributed by atoms with Crippen LogP contribution >= 0.6 is 0 Å². The van der Waals surface area contributed by atoms with Crippen molar-refractivity contribution in [3.63, 3.8) is 0 Å². The molecule has 0 heterocycles. The molecule has 0 amide bonds. The van der Waals surface area contributed by atoms with Crippen molar-refractivity contribution < 1.29 is 9.13 Å². The Morgan fingerprint density at radius 3 is 2.56 bits per heavy atom. The summed E-state index contributed by atoms with van der Waals surface area (Å²) in [5.41, 5.74) is 7.98. The fraction of sp³-hybridized carbons (Fsp3) is 0.538. The molecule has 0 bridgehead atoms. The van der Waals surface area contributed by atoms with Crippen LogP contribution in [0.3, 0.4) is 0 Å². The third-order valence-corrected chi connectivity index (χ3v) is 2.77. The third-order valence-electron chi connectivity index (χ3n) is 2.77. The number of halogens is 1. The molecule has 3 heteroatoms. The first-order valence-corrected chi connectivity index (χ1v) is 5.73. The topological polar surface area (TPSA) is 35.2 Å². The van der Waals surface area contributed by atoms with E-state index >= 15 is 0 Å². The molecule has 2 N–H and O–H groups in total. The zero-order chi connectivity index (χ0) is 12.1. The predicted octanol–water partition coefficient (Wildman–Crippen LogP) is 2.95. The molecule has 0 aliphatic rings. The van der Waals surface area contributed by atoms with E-state index in [1.54, 1.807) is 6.07 Å². The molecule has 90 valence electrons. The van der Waals surface area contributed by atoms with Gasteiger partial charge in [0.1, 0.15) is 5.82 Å². The highest BCUT2D eigenvalue weighted by atomic mass is 19.1. The Labute approximate surface area is 96.6 Å². The molecule has 0 spiro atoms. The molecular formula is C13H20FNO. The number of hydrogen-bond acceptors (Lipinski definition) is 2. The van der Waals surface area contributed by atoms with Crippen LogP contribution in [0.5, 0.6) is 0 Å². The number of ether oxygens (including phenoxy) is 1. The monoisotopic (exact) mass is 225 g/mol. The zero-order valence-electron chi connectivity index (χ0n) is 10.2. The Morgan fingerprint density at radius 2 is 2.06 bits per heavy atom. The quantitative estimate of drug-likeness (QED) is 0.836. The lowest BCUT2D eigenvalue weighted by Gasteiger charge is -2.24. The number of aryl methyl sites for hydroxylation is 1. The second-order valence-electron chi connectivity index (χ2n) is 3.93. The summed E-state index contributed by atoms with van der Waals surface area (Å²) < 4.78 is 18.5. The van der Waals surface area contributed by atoms with Gasteiger partial charge in [0, 0.05) is 6.61 Å². The van der Waals surface area contributed by atoms with E-state index in [0.717, 1.165) is 17.5 Å². The largest absolute Gasteiger partial charge is 0.377 e. The van der Waals surface area contributed by atoms with Crippen molar-refractivity contribution in [2.24, 2.45) is 5.73 Å². The highest BCUT2D eigenvalue weighted by Gasteiger charge is 2.19. The van der Waals surface area contributed by atoms with Gasteiger partial charge in [0.25, 0.3) is 0 Å². The van der Waals surface area contributed by atoms with Gasteiger partial charge < -0.3 is 10.5 Å². The van der Waals surface area contributed by atoms with Gasteiger partial charge >= 0.3 is 0 Å². The Hall–Kier alpha value is -0.930. The Balaban J connectivity index is 2.89. The van der Waals surface area contributed by atoms with E-state index in [1.165, 1.54) is 12.1 Å². The maximum Gasteiger partial charge on any atom is 0.123 e. The van der Waals surface area contributed by atoms with Crippen molar-refractivity contribution in [2.75, 3.05) is 6.61 Å². The summed E-state index contributed by atoms with van der Waals surface area (Å²) in [4.78, 5) is 0. The summed E-state index contributed by atoms with van der Waals surface area (Å²) in [5.74, 6) is -0.224. The molecule has 0 saturated heterocycles. The summed E-state index contributed by atoms with van der Waals surface area (Å²) in [6.07, 6.45) is 0.848. The fourth-order valence-electron chi connectivity index (χ4n) is 1.90. The van der Waals surface area contributed by atoms with Gasteiger partial charge in [-0.15, -0.1) is 0 Å². The highest BCUT2D eigenvalue weighted by Crippen LogP contribution is 2.22. The molecule has 2 nitrogen and oxygen atoms in total. The van der Waals surface area contributed by atoms with Crippen molar-refractivity contribution in [1.82, 2.24) is 0 Å². The molecule has 0 aromatic heterocycles. The lowest BCUT2D eigenvalue weighted by Crippen LogP contribution is -2.29. The van der Waals surface area contributed by atoms with E-state index in [2.05, 4.69) is 0 Å². The zero-order valence-corrected chi connectivity index (χ0v) is 10.2. The number of hydrogen-bond donors (Lipinski definition) is 1. The van der Waals surface area contributed by atoms with Gasteiger partial charge in [0.15, 0.2) is 0 Å². The van der Waals surface area contributed by atoms with Crippen molar-refractivity contribution in [1.29, 1.82) is 0 Å². The summed E-state index contributed by atoms with van der Waals surface area (Å²) >= 11 is 0. The summed E-state index contributed by atoms with van der Waals surface area (Å²) in [5, 5.41) is 0. The molecule has 1 aromatic rings. The van der Waals surface area contributed by atoms with E-state index in [0.29, 0.717) is 6.61 Å². The summed E-state index contributed by atoms with van der Waals surface area (Å²) in [6.45, 7) is 6.51. The lowest BCUT2D eigenvalue weighted by atomic mass is 9.96. The Kier molecular flexibility index (Phi) is 4.90. The molecule has 16 heavy (non-hydrogen) atoms. The Morgan fingerprint density at radius 1 is 1.38 bits per heavy atom. The molecule has 0 aliphatic heterocycles. The van der Waals surface area contributed by atoms with Crippen LogP contribution in [0, 0.1) is 12.7 Å². The maximum absolute atomic E-state index is 13.0. The third kappa shape index (κ3) is 3.03. The van der Waals surface area contributed by atoms with Crippen molar-refractivity contribution >= 4 is 0 Å². The number of benzene rings is 1. The van der Waals surface area contributed by atoms with E-state index in [4.69, 9.17) is 10.5 Å². The van der Waals surface area contributed by atoms with Crippen LogP contribution in [0.15, 0.2) is 18.2 Å². The van der Waals surface area contributed by atoms with Crippen LogP contribution in [0.25, 0.3) is 0 Å². The van der Waals surface area contributed by atoms with Crippen LogP contribution in [0.4, 0.5) is 4.39 Å². The molecular weight excluding hydrogens is 205 g/mol. The second-order valence-corrected chi connectivity index (χ2v) is 3.93. The minimum atomic E-state index is -0.224. The van der Waals surface area contributed by atoms with Gasteiger partial charge in [0.2, 0.25) is 0 Å². The van der Waals surface area contributed by atoms with Gasteiger partial charge in [-0.25, -0.2) is 4.39 Å². The first-order valence-electron chi connectivity index (χ1n) is 5.73. The molecule has 2 unspecified atom stereocenters. The van der Waals surface area contributed by atoms with Crippen LogP contribution in [-0.2, 0) is 4.74 Å². The summed E-state index contributed by atoms with van der Waals surface area (Å²) in [7, 11) is 0. The van der Waals surface area contributed by atoms with Gasteiger partial charge in [-0.2, -0.15) is 0 Å². The first kappa shape index (κ1) is 13.1. The molecule has 0 aliphatic carbocycles. The van der Waals surface area contributed by atoms with Crippen molar-refractivity contribution in [3.05, 3.63) is 35.1 Å². The van der Waals surface area contributed by atoms with Crippen molar-refractivity contribution in [3.8, 4) is 0 Å². The average Bonchev–Trinajstić information content (AvgIpc) is 2.25. The summed E-state index contributed by atoms with van der Waals surface area (Å²) in [6, 6.07) is 4.51. The maximum atomic E-state index is 13.0. The molecule has 0 saturated carbocycles. The lowest BCUT2D eigenvalue weighted by molar-refractivity contribution is 0.0412. The van der Waals surface area contributed by atoms with E-state index in [-0.39, 0.29) is 18.0 Å². The van der Waals surface area contributed by atoms with Crippen LogP contribution in [0.1, 0.15) is 37.4 Å². The minimum Gasteiger partial charge on any atom is -0.377 e. The molecule has 1 rings (SSSR count). The number of rotatable bonds is 5. The molecule has 0 fully saturated rings. The molecule has 0 radical (unpaired) electrons. The first-order chi connectivity index (χ1) is 7.60. The second kappa shape index (κ2) is 5.97. The smallest absolute Gasteiger partial charge is 0.123 e. The average molecular weight is 225 g/mol. The van der Waals surface area contributed by atoms with E-state index < -0.39 is 0 Å². The number of nitrogens with two attached hydrogens (primary N) is 1. The molecule has 2 atom stereocenters. The Bertz CT molecular complexity index is 341. The predicted molar refractivity (Wildman–Crippen MR) is 63.8 cm³/mol. The SMILES string of the molecule is CCOC(CC)C(N)c1ccc(F)cc1C. The van der Waals surface area contributed by atoms with Crippen LogP contribution in [-0.4, -0.2) is 12.7 Å². The normalized spacial score (nSPS) is 14.8. The van der Waals surface area contributed by atoms with Crippen LogP contribution in [0.2, 0.25) is 0 Å². The molecule has 1 aromatic carbocycles. The van der Waals surface area contributed by atoms with Gasteiger partial charge in [-0.05, 0) is 43.5 Å². The standard InChI is InChI=1S/C13H20FNO/c1-4-12(16-5-2)13(15)11-7-6-10(14)8-9(11)3/h6-8,12-13H,4-5,15H2,1-3H3. The van der Waals surface area contributed by atoms with E-state index in [1.807, 2.05) is 20.8 Å².